The maximum absolute atomic E-state index is 12.8. The molecule has 1 amide bonds. The van der Waals surface area contributed by atoms with Crippen molar-refractivity contribution >= 4 is 38.3 Å². The number of carbonyl (C=O) groups is 1. The van der Waals surface area contributed by atoms with E-state index in [4.69, 9.17) is 0 Å². The van der Waals surface area contributed by atoms with Crippen LogP contribution in [0.5, 0.6) is 0 Å². The molecule has 0 atom stereocenters. The summed E-state index contributed by atoms with van der Waals surface area (Å²) in [5.74, 6) is -0.375. The molecule has 3 N–H and O–H groups in total. The molecule has 26 heavy (non-hydrogen) atoms. The number of imidazole rings is 1. The predicted octanol–water partition coefficient (Wildman–Crippen LogP) is 1.24. The second kappa shape index (κ2) is 7.44. The molecule has 0 aliphatic carbocycles. The molecule has 10 heteroatoms. The molecule has 0 radical (unpaired) electrons. The van der Waals surface area contributed by atoms with E-state index in [2.05, 4.69) is 15.3 Å². The van der Waals surface area contributed by atoms with Gasteiger partial charge in [0.05, 0.1) is 29.0 Å². The number of hydrogen-bond donors (Lipinski definition) is 3. The Balaban J connectivity index is 1.75. The number of likely N-dealkylation sites (N-methyl/N-ethyl adjacent to an activating group) is 1. The lowest BCUT2D eigenvalue weighted by Crippen LogP contribution is -2.40. The van der Waals surface area contributed by atoms with Crippen molar-refractivity contribution in [2.75, 3.05) is 13.1 Å². The molecule has 138 valence electrons. The molecule has 2 heterocycles. The maximum atomic E-state index is 12.8. The quantitative estimate of drug-likeness (QED) is 0.559. The highest BCUT2D eigenvalue weighted by molar-refractivity contribution is 7.89. The molecule has 0 aliphatic heterocycles. The summed E-state index contributed by atoms with van der Waals surface area (Å²) >= 11 is 1.52. The zero-order valence-corrected chi connectivity index (χ0v) is 15.6. The second-order valence-electron chi connectivity index (χ2n) is 5.57. The third-order valence-electron chi connectivity index (χ3n) is 3.84. The number of nitrogens with one attached hydrogen (secondary N) is 3. The Morgan fingerprint density at radius 1 is 1.23 bits per heavy atom. The highest BCUT2D eigenvalue weighted by Gasteiger charge is 2.25. The van der Waals surface area contributed by atoms with Gasteiger partial charge in [0.15, 0.2) is 0 Å². The van der Waals surface area contributed by atoms with E-state index >= 15 is 0 Å². The molecule has 8 nitrogen and oxygen atoms in total. The number of H-pyrrole nitrogens is 2. The normalized spacial score (nSPS) is 11.9. The molecule has 0 saturated carbocycles. The number of aromatic amines is 2. The average molecular weight is 394 g/mol. The maximum Gasteiger partial charge on any atom is 0.323 e. The number of fused-ring (bicyclic) bond motifs is 1. The molecule has 2 aromatic heterocycles. The van der Waals surface area contributed by atoms with Crippen molar-refractivity contribution < 1.29 is 13.2 Å². The van der Waals surface area contributed by atoms with Gasteiger partial charge in [-0.2, -0.15) is 4.31 Å². The molecule has 1 aromatic carbocycles. The van der Waals surface area contributed by atoms with Gasteiger partial charge < -0.3 is 15.3 Å². The first-order valence-corrected chi connectivity index (χ1v) is 10.2. The van der Waals surface area contributed by atoms with E-state index < -0.39 is 15.7 Å². The summed E-state index contributed by atoms with van der Waals surface area (Å²) in [6, 6.07) is 8.09. The topological polar surface area (TPSA) is 115 Å². The van der Waals surface area contributed by atoms with Crippen LogP contribution in [0.2, 0.25) is 0 Å². The number of carbonyl (C=O) groups excluding carboxylic acids is 1. The van der Waals surface area contributed by atoms with Crippen LogP contribution in [0.1, 0.15) is 11.8 Å². The van der Waals surface area contributed by atoms with E-state index in [-0.39, 0.29) is 23.9 Å². The number of thiophene rings is 1. The predicted molar refractivity (Wildman–Crippen MR) is 99.5 cm³/mol. The molecule has 0 aliphatic rings. The van der Waals surface area contributed by atoms with Crippen molar-refractivity contribution in [1.29, 1.82) is 0 Å². The Bertz CT molecular complexity index is 1070. The fourth-order valence-electron chi connectivity index (χ4n) is 2.50. The number of aromatic nitrogens is 2. The van der Waals surface area contributed by atoms with E-state index in [0.717, 1.165) is 9.18 Å². The summed E-state index contributed by atoms with van der Waals surface area (Å²) in [6.45, 7) is 1.91. The first kappa shape index (κ1) is 18.4. The number of amides is 1. The standard InChI is InChI=1S/C16H18N4O4S2/c1-2-20(10-15(21)17-9-11-4-3-7-25-11)26(23,24)12-5-6-13-14(8-12)19-16(22)18-13/h3-8H,2,9-10H2,1H3,(H,17,21)(H2,18,19,22). The van der Waals surface area contributed by atoms with Crippen LogP contribution in [-0.2, 0) is 21.4 Å². The van der Waals surface area contributed by atoms with Crippen LogP contribution in [0.3, 0.4) is 0 Å². The van der Waals surface area contributed by atoms with Crippen molar-refractivity contribution in [2.45, 2.75) is 18.4 Å². The Morgan fingerprint density at radius 2 is 2.00 bits per heavy atom. The lowest BCUT2D eigenvalue weighted by molar-refractivity contribution is -0.121. The van der Waals surface area contributed by atoms with Crippen molar-refractivity contribution in [2.24, 2.45) is 0 Å². The number of rotatable bonds is 7. The summed E-state index contributed by atoms with van der Waals surface area (Å²) in [7, 11) is -3.86. The van der Waals surface area contributed by atoms with E-state index in [9.17, 15) is 18.0 Å². The molecule has 0 fully saturated rings. The van der Waals surface area contributed by atoms with E-state index in [1.807, 2.05) is 17.5 Å². The number of benzene rings is 1. The van der Waals surface area contributed by atoms with Gasteiger partial charge in [0, 0.05) is 11.4 Å². The SMILES string of the molecule is CCN(CC(=O)NCc1cccs1)S(=O)(=O)c1ccc2[nH]c(=O)[nH]c2c1. The van der Waals surface area contributed by atoms with Crippen molar-refractivity contribution in [1.82, 2.24) is 19.6 Å². The first-order chi connectivity index (χ1) is 12.4. The summed E-state index contributed by atoms with van der Waals surface area (Å²) in [4.78, 5) is 29.6. The van der Waals surface area contributed by atoms with E-state index in [0.29, 0.717) is 17.6 Å². The van der Waals surface area contributed by atoms with Gasteiger partial charge in [0.2, 0.25) is 15.9 Å². The van der Waals surface area contributed by atoms with Gasteiger partial charge in [-0.15, -0.1) is 11.3 Å². The molecular weight excluding hydrogens is 376 g/mol. The molecule has 0 spiro atoms. The summed E-state index contributed by atoms with van der Waals surface area (Å²) in [5.41, 5.74) is 0.509. The fraction of sp³-hybridized carbons (Fsp3) is 0.250. The van der Waals surface area contributed by atoms with Crippen molar-refractivity contribution in [3.8, 4) is 0 Å². The average Bonchev–Trinajstić information content (AvgIpc) is 3.25. The largest absolute Gasteiger partial charge is 0.350 e. The second-order valence-corrected chi connectivity index (χ2v) is 8.54. The Hall–Kier alpha value is -2.43. The van der Waals surface area contributed by atoms with Crippen molar-refractivity contribution in [3.05, 3.63) is 51.1 Å². The van der Waals surface area contributed by atoms with Crippen LogP contribution in [0.4, 0.5) is 0 Å². The van der Waals surface area contributed by atoms with Gasteiger partial charge >= 0.3 is 5.69 Å². The van der Waals surface area contributed by atoms with Crippen LogP contribution in [0, 0.1) is 0 Å². The zero-order chi connectivity index (χ0) is 18.7. The van der Waals surface area contributed by atoms with Gasteiger partial charge in [-0.3, -0.25) is 4.79 Å². The van der Waals surface area contributed by atoms with E-state index in [1.165, 1.54) is 29.5 Å². The van der Waals surface area contributed by atoms with Gasteiger partial charge in [0.1, 0.15) is 0 Å². The van der Waals surface area contributed by atoms with Gasteiger partial charge in [-0.05, 0) is 29.6 Å². The van der Waals surface area contributed by atoms with Gasteiger partial charge in [0.25, 0.3) is 0 Å². The number of hydrogen-bond acceptors (Lipinski definition) is 5. The van der Waals surface area contributed by atoms with E-state index in [1.54, 1.807) is 6.92 Å². The van der Waals surface area contributed by atoms with Gasteiger partial charge in [-0.25, -0.2) is 13.2 Å². The summed E-state index contributed by atoms with van der Waals surface area (Å²) < 4.78 is 26.8. The van der Waals surface area contributed by atoms with Crippen LogP contribution in [-0.4, -0.2) is 41.7 Å². The van der Waals surface area contributed by atoms with Crippen LogP contribution in [0.25, 0.3) is 11.0 Å². The highest BCUT2D eigenvalue weighted by Crippen LogP contribution is 2.19. The molecular formula is C16H18N4O4S2. The number of nitrogens with zero attached hydrogens (tertiary/aromatic N) is 1. The fourth-order valence-corrected chi connectivity index (χ4v) is 4.58. The number of sulfonamides is 1. The minimum absolute atomic E-state index is 0.0214. The summed E-state index contributed by atoms with van der Waals surface area (Å²) in [5, 5.41) is 4.63. The lowest BCUT2D eigenvalue weighted by atomic mass is 10.3. The van der Waals surface area contributed by atoms with Crippen LogP contribution < -0.4 is 11.0 Å². The monoisotopic (exact) mass is 394 g/mol. The molecule has 0 saturated heterocycles. The van der Waals surface area contributed by atoms with Crippen LogP contribution >= 0.6 is 11.3 Å². The Labute approximate surface area is 153 Å². The van der Waals surface area contributed by atoms with Crippen molar-refractivity contribution in [3.63, 3.8) is 0 Å². The smallest absolute Gasteiger partial charge is 0.323 e. The first-order valence-electron chi connectivity index (χ1n) is 7.91. The molecule has 3 aromatic rings. The third-order valence-corrected chi connectivity index (χ3v) is 6.63. The Morgan fingerprint density at radius 3 is 2.69 bits per heavy atom. The zero-order valence-electron chi connectivity index (χ0n) is 14.0. The molecule has 0 bridgehead atoms. The third kappa shape index (κ3) is 3.87. The minimum Gasteiger partial charge on any atom is -0.350 e. The summed E-state index contributed by atoms with van der Waals surface area (Å²) in [6.07, 6.45) is 0. The highest BCUT2D eigenvalue weighted by atomic mass is 32.2. The van der Waals surface area contributed by atoms with Crippen LogP contribution in [0.15, 0.2) is 45.4 Å². The molecule has 3 rings (SSSR count). The lowest BCUT2D eigenvalue weighted by Gasteiger charge is -2.20. The minimum atomic E-state index is -3.86. The Kier molecular flexibility index (Phi) is 5.25. The van der Waals surface area contributed by atoms with Gasteiger partial charge in [-0.1, -0.05) is 13.0 Å². The molecule has 0 unspecified atom stereocenters.